The summed E-state index contributed by atoms with van der Waals surface area (Å²) in [5.41, 5.74) is 5.91. The van der Waals surface area contributed by atoms with Gasteiger partial charge in [-0.1, -0.05) is 48.9 Å². The third kappa shape index (κ3) is 6.34. The van der Waals surface area contributed by atoms with Crippen molar-refractivity contribution in [2.24, 2.45) is 0 Å². The van der Waals surface area contributed by atoms with Crippen LogP contribution in [-0.2, 0) is 24.2 Å². The Hall–Kier alpha value is -4.04. The normalized spacial score (nSPS) is 14.5. The first-order valence-electron chi connectivity index (χ1n) is 13.3. The van der Waals surface area contributed by atoms with Gasteiger partial charge in [0.1, 0.15) is 23.1 Å². The number of ether oxygens (including phenoxy) is 1. The number of aromatic nitrogens is 2. The van der Waals surface area contributed by atoms with Crippen molar-refractivity contribution in [3.05, 3.63) is 111 Å². The average molecular weight is 541 g/mol. The van der Waals surface area contributed by atoms with Crippen molar-refractivity contribution in [3.8, 4) is 5.75 Å². The predicted molar refractivity (Wildman–Crippen MR) is 152 cm³/mol. The second-order valence-electron chi connectivity index (χ2n) is 9.61. The van der Waals surface area contributed by atoms with Gasteiger partial charge >= 0.3 is 0 Å². The molecule has 7 nitrogen and oxygen atoms in total. The van der Waals surface area contributed by atoms with Gasteiger partial charge in [0, 0.05) is 43.2 Å². The number of fused-ring (bicyclic) bond motifs is 1. The van der Waals surface area contributed by atoms with E-state index >= 15 is 0 Å². The quantitative estimate of drug-likeness (QED) is 0.312. The summed E-state index contributed by atoms with van der Waals surface area (Å²) in [6, 6.07) is 20.1. The van der Waals surface area contributed by atoms with Crippen LogP contribution in [0.2, 0.25) is 0 Å². The zero-order valence-corrected chi connectivity index (χ0v) is 23.0. The number of aryl methyl sites for hydroxylation is 1. The molecular weight excluding hydrogens is 508 g/mol. The Morgan fingerprint density at radius 1 is 1.13 bits per heavy atom. The number of thiazole rings is 1. The monoisotopic (exact) mass is 540 g/mol. The Kier molecular flexibility index (Phi) is 8.32. The summed E-state index contributed by atoms with van der Waals surface area (Å²) in [6.45, 7) is 5.44. The fourth-order valence-corrected chi connectivity index (χ4v) is 5.61. The highest BCUT2D eigenvalue weighted by atomic mass is 32.1. The maximum atomic E-state index is 12.9. The molecule has 0 saturated heterocycles. The Morgan fingerprint density at radius 2 is 2.03 bits per heavy atom. The van der Waals surface area contributed by atoms with Crippen molar-refractivity contribution >= 4 is 23.2 Å². The van der Waals surface area contributed by atoms with E-state index in [0.717, 1.165) is 33.8 Å². The van der Waals surface area contributed by atoms with Gasteiger partial charge in [-0.3, -0.25) is 14.6 Å². The lowest BCUT2D eigenvalue weighted by molar-refractivity contribution is -0.132. The van der Waals surface area contributed by atoms with Crippen LogP contribution in [0.5, 0.6) is 5.75 Å². The van der Waals surface area contributed by atoms with Gasteiger partial charge in [-0.15, -0.1) is 11.3 Å². The summed E-state index contributed by atoms with van der Waals surface area (Å²) >= 11 is 1.40. The van der Waals surface area contributed by atoms with Gasteiger partial charge in [0.2, 0.25) is 5.91 Å². The number of amides is 2. The van der Waals surface area contributed by atoms with Gasteiger partial charge in [-0.25, -0.2) is 4.98 Å². The van der Waals surface area contributed by atoms with Crippen molar-refractivity contribution < 1.29 is 14.3 Å². The van der Waals surface area contributed by atoms with Crippen molar-refractivity contribution in [2.75, 3.05) is 13.1 Å². The van der Waals surface area contributed by atoms with E-state index in [2.05, 4.69) is 52.5 Å². The molecule has 39 heavy (non-hydrogen) atoms. The lowest BCUT2D eigenvalue weighted by Crippen LogP contribution is -2.40. The molecule has 2 aromatic heterocycles. The van der Waals surface area contributed by atoms with Crippen LogP contribution in [0.25, 0.3) is 0 Å². The third-order valence-corrected chi connectivity index (χ3v) is 7.69. The average Bonchev–Trinajstić information content (AvgIpc) is 3.45. The number of hydrogen-bond donors (Lipinski definition) is 1. The van der Waals surface area contributed by atoms with Crippen molar-refractivity contribution in [1.82, 2.24) is 20.2 Å². The smallest absolute Gasteiger partial charge is 0.270 e. The first-order valence-corrected chi connectivity index (χ1v) is 14.1. The fourth-order valence-electron chi connectivity index (χ4n) is 4.92. The first-order chi connectivity index (χ1) is 19.0. The van der Waals surface area contributed by atoms with E-state index in [-0.39, 0.29) is 24.5 Å². The standard InChI is InChI=1S/C31H32N4O3S/c1-3-29(36)35-16-13-22-10-11-25(18-26(22)30(35)23-8-6-7-21(2)17-23)38-19-28-34-27(20-39-28)31(37)33-15-12-24-9-4-5-14-32-24/h4-11,14,17-18,20,30H,3,12-13,15-16,19H2,1-2H3,(H,33,37). The zero-order valence-electron chi connectivity index (χ0n) is 22.2. The predicted octanol–water partition coefficient (Wildman–Crippen LogP) is 5.28. The van der Waals surface area contributed by atoms with Crippen molar-refractivity contribution in [2.45, 2.75) is 45.8 Å². The molecule has 1 atom stereocenters. The van der Waals surface area contributed by atoms with E-state index < -0.39 is 0 Å². The number of carbonyl (C=O) groups excluding carboxylic acids is 2. The summed E-state index contributed by atoms with van der Waals surface area (Å²) in [6.07, 6.45) is 3.69. The highest BCUT2D eigenvalue weighted by Gasteiger charge is 2.31. The minimum absolute atomic E-state index is 0.145. The second-order valence-corrected chi connectivity index (χ2v) is 10.6. The maximum Gasteiger partial charge on any atom is 0.270 e. The lowest BCUT2D eigenvalue weighted by Gasteiger charge is -2.38. The Balaban J connectivity index is 1.26. The van der Waals surface area contributed by atoms with Crippen LogP contribution >= 0.6 is 11.3 Å². The first kappa shape index (κ1) is 26.6. The number of benzene rings is 2. The van der Waals surface area contributed by atoms with Crippen LogP contribution in [0.1, 0.15) is 62.8 Å². The molecule has 1 N–H and O–H groups in total. The molecule has 0 radical (unpaired) electrons. The van der Waals surface area contributed by atoms with Gasteiger partial charge < -0.3 is 15.0 Å². The molecule has 1 unspecified atom stereocenters. The van der Waals surface area contributed by atoms with Crippen molar-refractivity contribution in [3.63, 3.8) is 0 Å². The number of carbonyl (C=O) groups is 2. The molecule has 3 heterocycles. The van der Waals surface area contributed by atoms with Gasteiger partial charge in [0.25, 0.3) is 5.91 Å². The van der Waals surface area contributed by atoms with Gasteiger partial charge in [0.15, 0.2) is 0 Å². The molecule has 0 fully saturated rings. The number of rotatable bonds is 9. The minimum Gasteiger partial charge on any atom is -0.486 e. The second kappa shape index (κ2) is 12.2. The van der Waals surface area contributed by atoms with Crippen LogP contribution in [0.3, 0.4) is 0 Å². The van der Waals surface area contributed by atoms with Crippen LogP contribution in [0, 0.1) is 6.92 Å². The van der Waals surface area contributed by atoms with E-state index in [4.69, 9.17) is 4.74 Å². The van der Waals surface area contributed by atoms with Gasteiger partial charge in [-0.2, -0.15) is 0 Å². The molecule has 0 saturated carbocycles. The van der Waals surface area contributed by atoms with Crippen LogP contribution in [0.4, 0.5) is 0 Å². The largest absolute Gasteiger partial charge is 0.486 e. The minimum atomic E-state index is -0.205. The molecule has 200 valence electrons. The molecule has 4 aromatic rings. The number of pyridine rings is 1. The molecule has 1 aliphatic rings. The number of hydrogen-bond acceptors (Lipinski definition) is 6. The van der Waals surface area contributed by atoms with Crippen LogP contribution < -0.4 is 10.1 Å². The maximum absolute atomic E-state index is 12.9. The number of nitrogens with one attached hydrogen (secondary N) is 1. The Labute approximate surface area is 232 Å². The van der Waals surface area contributed by atoms with E-state index in [1.54, 1.807) is 11.6 Å². The van der Waals surface area contributed by atoms with Gasteiger partial charge in [-0.05, 0) is 54.3 Å². The molecule has 0 spiro atoms. The molecular formula is C31H32N4O3S. The lowest BCUT2D eigenvalue weighted by atomic mass is 9.87. The molecule has 1 aliphatic heterocycles. The molecule has 0 bridgehead atoms. The molecule has 2 aromatic carbocycles. The topological polar surface area (TPSA) is 84.4 Å². The van der Waals surface area contributed by atoms with Crippen LogP contribution in [0.15, 0.2) is 72.2 Å². The van der Waals surface area contributed by atoms with E-state index in [9.17, 15) is 9.59 Å². The van der Waals surface area contributed by atoms with Crippen molar-refractivity contribution in [1.29, 1.82) is 0 Å². The van der Waals surface area contributed by atoms with Crippen LogP contribution in [-0.4, -0.2) is 39.8 Å². The summed E-state index contributed by atoms with van der Waals surface area (Å²) in [4.78, 5) is 36.1. The summed E-state index contributed by atoms with van der Waals surface area (Å²) in [5, 5.41) is 5.38. The zero-order chi connectivity index (χ0) is 27.2. The highest BCUT2D eigenvalue weighted by molar-refractivity contribution is 7.09. The number of nitrogens with zero attached hydrogens (tertiary/aromatic N) is 3. The Morgan fingerprint density at radius 3 is 2.82 bits per heavy atom. The molecule has 2 amide bonds. The molecule has 5 rings (SSSR count). The van der Waals surface area contributed by atoms with Gasteiger partial charge in [0.05, 0.1) is 6.04 Å². The highest BCUT2D eigenvalue weighted by Crippen LogP contribution is 2.38. The van der Waals surface area contributed by atoms with E-state index in [1.807, 2.05) is 42.2 Å². The molecule has 8 heteroatoms. The summed E-state index contributed by atoms with van der Waals surface area (Å²) in [5.74, 6) is 0.657. The Bertz CT molecular complexity index is 1450. The molecule has 0 aliphatic carbocycles. The van der Waals surface area contributed by atoms with E-state index in [0.29, 0.717) is 37.4 Å². The third-order valence-electron chi connectivity index (χ3n) is 6.87. The SMILES string of the molecule is CCC(=O)N1CCc2ccc(OCc3nc(C(=O)NCCc4ccccn4)cs3)cc2C1c1cccc(C)c1. The summed E-state index contributed by atoms with van der Waals surface area (Å²) in [7, 11) is 0. The summed E-state index contributed by atoms with van der Waals surface area (Å²) < 4.78 is 6.12. The van der Waals surface area contributed by atoms with E-state index in [1.165, 1.54) is 16.9 Å². The fraction of sp³-hybridized carbons (Fsp3) is 0.290.